The molecule has 0 atom stereocenters. The summed E-state index contributed by atoms with van der Waals surface area (Å²) in [5.41, 5.74) is 2.60. The predicted octanol–water partition coefficient (Wildman–Crippen LogP) is 3.96. The molecule has 2 aromatic rings. The zero-order chi connectivity index (χ0) is 22.6. The molecule has 0 radical (unpaired) electrons. The standard InChI is InChI=1S/C23H27BrN2O4S/c1-3-22(27)26-12-10-18-14-19(24)21(15-20(18)26)31(29,30)13-11-23(28)25(4-2)16-17-8-6-5-7-9-17/h5-9,14-15H,3-4,10-13,16H2,1-2H3. The lowest BCUT2D eigenvalue weighted by Gasteiger charge is -2.21. The summed E-state index contributed by atoms with van der Waals surface area (Å²) in [6.45, 7) is 5.18. The Kier molecular flexibility index (Phi) is 7.54. The van der Waals surface area contributed by atoms with Crippen molar-refractivity contribution < 1.29 is 18.0 Å². The summed E-state index contributed by atoms with van der Waals surface area (Å²) >= 11 is 3.38. The molecule has 6 nitrogen and oxygen atoms in total. The normalized spacial score (nSPS) is 13.2. The van der Waals surface area contributed by atoms with Gasteiger partial charge in [0.25, 0.3) is 0 Å². The number of hydrogen-bond donors (Lipinski definition) is 0. The maximum atomic E-state index is 13.1. The molecule has 2 amide bonds. The van der Waals surface area contributed by atoms with Crippen molar-refractivity contribution >= 4 is 43.3 Å². The average Bonchev–Trinajstić information content (AvgIpc) is 3.18. The third-order valence-electron chi connectivity index (χ3n) is 5.50. The highest BCUT2D eigenvalue weighted by Crippen LogP contribution is 2.36. The van der Waals surface area contributed by atoms with Gasteiger partial charge in [0, 0.05) is 42.6 Å². The number of benzene rings is 2. The quantitative estimate of drug-likeness (QED) is 0.542. The Morgan fingerprint density at radius 1 is 1.13 bits per heavy atom. The van der Waals surface area contributed by atoms with Crippen LogP contribution in [0, 0.1) is 0 Å². The molecule has 3 rings (SSSR count). The SMILES string of the molecule is CCC(=O)N1CCc2cc(Br)c(S(=O)(=O)CCC(=O)N(CC)Cc3ccccc3)cc21. The topological polar surface area (TPSA) is 74.8 Å². The van der Waals surface area contributed by atoms with Crippen molar-refractivity contribution in [2.45, 2.75) is 44.6 Å². The first kappa shape index (κ1) is 23.5. The smallest absolute Gasteiger partial charge is 0.226 e. The highest BCUT2D eigenvalue weighted by Gasteiger charge is 2.29. The molecule has 0 aliphatic carbocycles. The first-order valence-corrected chi connectivity index (χ1v) is 12.9. The van der Waals surface area contributed by atoms with Gasteiger partial charge in [-0.25, -0.2) is 8.42 Å². The summed E-state index contributed by atoms with van der Waals surface area (Å²) in [4.78, 5) is 28.3. The number of carbonyl (C=O) groups is 2. The molecule has 166 valence electrons. The van der Waals surface area contributed by atoms with E-state index in [1.165, 1.54) is 0 Å². The van der Waals surface area contributed by atoms with Crippen LogP contribution in [0.2, 0.25) is 0 Å². The summed E-state index contributed by atoms with van der Waals surface area (Å²) in [5, 5.41) is 0. The molecule has 8 heteroatoms. The lowest BCUT2D eigenvalue weighted by Crippen LogP contribution is -2.31. The van der Waals surface area contributed by atoms with Gasteiger partial charge < -0.3 is 9.80 Å². The van der Waals surface area contributed by atoms with Crippen molar-refractivity contribution in [1.82, 2.24) is 4.90 Å². The van der Waals surface area contributed by atoms with E-state index < -0.39 is 9.84 Å². The number of carbonyl (C=O) groups excluding carboxylic acids is 2. The third-order valence-corrected chi connectivity index (χ3v) is 8.17. The van der Waals surface area contributed by atoms with Gasteiger partial charge in [-0.1, -0.05) is 37.3 Å². The Labute approximate surface area is 192 Å². The first-order chi connectivity index (χ1) is 14.8. The van der Waals surface area contributed by atoms with Crippen LogP contribution in [0.1, 0.15) is 37.8 Å². The molecule has 0 aromatic heterocycles. The fourth-order valence-corrected chi connectivity index (χ4v) is 6.19. The molecule has 1 heterocycles. The predicted molar refractivity (Wildman–Crippen MR) is 125 cm³/mol. The van der Waals surface area contributed by atoms with Gasteiger partial charge in [0.2, 0.25) is 11.8 Å². The Bertz CT molecular complexity index is 1070. The number of anilines is 1. The minimum atomic E-state index is -3.71. The molecular formula is C23H27BrN2O4S. The van der Waals surface area contributed by atoms with Crippen LogP contribution in [-0.4, -0.2) is 44.0 Å². The molecule has 0 N–H and O–H groups in total. The van der Waals surface area contributed by atoms with Crippen LogP contribution in [0.15, 0.2) is 51.8 Å². The molecule has 0 fully saturated rings. The van der Waals surface area contributed by atoms with E-state index in [-0.39, 0.29) is 28.9 Å². The van der Waals surface area contributed by atoms with Gasteiger partial charge in [-0.05, 0) is 52.5 Å². The monoisotopic (exact) mass is 506 g/mol. The van der Waals surface area contributed by atoms with Crippen LogP contribution < -0.4 is 4.90 Å². The van der Waals surface area contributed by atoms with Gasteiger partial charge in [0.1, 0.15) is 0 Å². The van der Waals surface area contributed by atoms with Crippen LogP contribution >= 0.6 is 15.9 Å². The van der Waals surface area contributed by atoms with E-state index in [1.807, 2.05) is 37.3 Å². The van der Waals surface area contributed by atoms with E-state index in [2.05, 4.69) is 15.9 Å². The number of sulfone groups is 1. The van der Waals surface area contributed by atoms with Crippen LogP contribution in [-0.2, 0) is 32.4 Å². The lowest BCUT2D eigenvalue weighted by atomic mass is 10.2. The summed E-state index contributed by atoms with van der Waals surface area (Å²) in [7, 11) is -3.71. The van der Waals surface area contributed by atoms with Crippen molar-refractivity contribution in [3.8, 4) is 0 Å². The number of fused-ring (bicyclic) bond motifs is 1. The number of nitrogens with zero attached hydrogens (tertiary/aromatic N) is 2. The summed E-state index contributed by atoms with van der Waals surface area (Å²) in [5.74, 6) is -0.509. The minimum Gasteiger partial charge on any atom is -0.339 e. The molecule has 0 saturated heterocycles. The van der Waals surface area contributed by atoms with E-state index in [1.54, 1.807) is 28.9 Å². The highest BCUT2D eigenvalue weighted by molar-refractivity contribution is 9.10. The number of hydrogen-bond acceptors (Lipinski definition) is 4. The molecule has 0 spiro atoms. The second kappa shape index (κ2) is 9.96. The molecule has 1 aliphatic heterocycles. The Hall–Kier alpha value is -2.19. The summed E-state index contributed by atoms with van der Waals surface area (Å²) < 4.78 is 26.6. The minimum absolute atomic E-state index is 0.0286. The largest absolute Gasteiger partial charge is 0.339 e. The molecule has 0 bridgehead atoms. The van der Waals surface area contributed by atoms with Gasteiger partial charge in [-0.3, -0.25) is 9.59 Å². The van der Waals surface area contributed by atoms with Gasteiger partial charge in [0.15, 0.2) is 9.84 Å². The van der Waals surface area contributed by atoms with Crippen LogP contribution in [0.5, 0.6) is 0 Å². The highest BCUT2D eigenvalue weighted by atomic mass is 79.9. The maximum absolute atomic E-state index is 13.1. The fourth-order valence-electron chi connectivity index (χ4n) is 3.75. The van der Waals surface area contributed by atoms with Crippen molar-refractivity contribution in [2.75, 3.05) is 23.7 Å². The lowest BCUT2D eigenvalue weighted by molar-refractivity contribution is -0.131. The van der Waals surface area contributed by atoms with Crippen LogP contribution in [0.3, 0.4) is 0 Å². The number of amides is 2. The van der Waals surface area contributed by atoms with Gasteiger partial charge >= 0.3 is 0 Å². The van der Waals surface area contributed by atoms with Crippen LogP contribution in [0.25, 0.3) is 0 Å². The van der Waals surface area contributed by atoms with E-state index in [0.29, 0.717) is 42.6 Å². The van der Waals surface area contributed by atoms with E-state index >= 15 is 0 Å². The molecule has 2 aromatic carbocycles. The van der Waals surface area contributed by atoms with Gasteiger partial charge in [-0.2, -0.15) is 0 Å². The van der Waals surface area contributed by atoms with Gasteiger partial charge in [-0.15, -0.1) is 0 Å². The maximum Gasteiger partial charge on any atom is 0.226 e. The van der Waals surface area contributed by atoms with E-state index in [9.17, 15) is 18.0 Å². The molecule has 0 saturated carbocycles. The molecule has 0 unspecified atom stereocenters. The Balaban J connectivity index is 1.75. The van der Waals surface area contributed by atoms with E-state index in [0.717, 1.165) is 11.1 Å². The molecular weight excluding hydrogens is 480 g/mol. The first-order valence-electron chi connectivity index (χ1n) is 10.4. The fraction of sp³-hybridized carbons (Fsp3) is 0.391. The van der Waals surface area contributed by atoms with Crippen molar-refractivity contribution in [2.24, 2.45) is 0 Å². The zero-order valence-electron chi connectivity index (χ0n) is 17.8. The Morgan fingerprint density at radius 2 is 1.84 bits per heavy atom. The second-order valence-corrected chi connectivity index (χ2v) is 10.5. The summed E-state index contributed by atoms with van der Waals surface area (Å²) in [6.07, 6.45) is 0.966. The number of rotatable bonds is 8. The second-order valence-electron chi connectivity index (χ2n) is 7.52. The molecule has 31 heavy (non-hydrogen) atoms. The zero-order valence-corrected chi connectivity index (χ0v) is 20.2. The van der Waals surface area contributed by atoms with Crippen molar-refractivity contribution in [3.05, 3.63) is 58.1 Å². The summed E-state index contributed by atoms with van der Waals surface area (Å²) in [6, 6.07) is 13.0. The van der Waals surface area contributed by atoms with Crippen molar-refractivity contribution in [1.29, 1.82) is 0 Å². The van der Waals surface area contributed by atoms with Crippen molar-refractivity contribution in [3.63, 3.8) is 0 Å². The third kappa shape index (κ3) is 5.36. The van der Waals surface area contributed by atoms with Crippen LogP contribution in [0.4, 0.5) is 5.69 Å². The molecule has 1 aliphatic rings. The Morgan fingerprint density at radius 3 is 2.48 bits per heavy atom. The average molecular weight is 507 g/mol. The number of halogens is 1. The van der Waals surface area contributed by atoms with Gasteiger partial charge in [0.05, 0.1) is 10.6 Å². The van der Waals surface area contributed by atoms with E-state index in [4.69, 9.17) is 0 Å².